The highest BCUT2D eigenvalue weighted by molar-refractivity contribution is 7.18. The van der Waals surface area contributed by atoms with Crippen molar-refractivity contribution in [3.05, 3.63) is 10.9 Å². The van der Waals surface area contributed by atoms with Crippen molar-refractivity contribution in [2.24, 2.45) is 0 Å². The van der Waals surface area contributed by atoms with Crippen molar-refractivity contribution in [3.8, 4) is 0 Å². The molecule has 2 aromatic heterocycles. The number of nitrogens with zero attached hydrogens (tertiary/aromatic N) is 3. The topological polar surface area (TPSA) is 64.3 Å². The van der Waals surface area contributed by atoms with Crippen molar-refractivity contribution in [1.29, 1.82) is 0 Å². The molecule has 0 saturated carbocycles. The zero-order chi connectivity index (χ0) is 14.3. The number of nitrogens with two attached hydrogens (primary N) is 1. The Balaban J connectivity index is 2.07. The number of aromatic nitrogens is 2. The molecular weight excluding hydrogens is 272 g/mol. The van der Waals surface area contributed by atoms with Crippen LogP contribution in [0.4, 0.5) is 11.8 Å². The van der Waals surface area contributed by atoms with Crippen LogP contribution in [0, 0.1) is 0 Å². The second kappa shape index (κ2) is 5.18. The highest BCUT2D eigenvalue weighted by atomic mass is 32.1. The summed E-state index contributed by atoms with van der Waals surface area (Å²) in [5.74, 6) is 1.30. The van der Waals surface area contributed by atoms with Crippen LogP contribution in [0.1, 0.15) is 25.6 Å². The Morgan fingerprint density at radius 1 is 1.35 bits per heavy atom. The predicted octanol–water partition coefficient (Wildman–Crippen LogP) is 2.45. The number of morpholine rings is 1. The SMILES string of the molecule is CCc1cc2c(N3CC(C)OC(C)C3)nc(N)nc2s1. The predicted molar refractivity (Wildman–Crippen MR) is 83.4 cm³/mol. The molecule has 0 radical (unpaired) electrons. The third-order valence-electron chi connectivity index (χ3n) is 3.51. The number of nitrogen functional groups attached to an aromatic ring is 1. The van der Waals surface area contributed by atoms with E-state index < -0.39 is 0 Å². The molecule has 3 heterocycles. The summed E-state index contributed by atoms with van der Waals surface area (Å²) in [6.07, 6.45) is 1.42. The number of rotatable bonds is 2. The van der Waals surface area contributed by atoms with Crippen LogP contribution in [0.25, 0.3) is 10.2 Å². The van der Waals surface area contributed by atoms with Crippen LogP contribution < -0.4 is 10.6 Å². The molecule has 1 fully saturated rings. The van der Waals surface area contributed by atoms with Gasteiger partial charge in [0, 0.05) is 18.0 Å². The summed E-state index contributed by atoms with van der Waals surface area (Å²) in [5, 5.41) is 1.11. The summed E-state index contributed by atoms with van der Waals surface area (Å²) in [7, 11) is 0. The van der Waals surface area contributed by atoms with E-state index in [9.17, 15) is 0 Å². The molecule has 2 aromatic rings. The van der Waals surface area contributed by atoms with Gasteiger partial charge in [-0.1, -0.05) is 6.92 Å². The summed E-state index contributed by atoms with van der Waals surface area (Å²) >= 11 is 1.70. The van der Waals surface area contributed by atoms with Crippen LogP contribution in [0.3, 0.4) is 0 Å². The van der Waals surface area contributed by atoms with E-state index in [4.69, 9.17) is 10.5 Å². The van der Waals surface area contributed by atoms with E-state index in [2.05, 4.69) is 41.7 Å². The van der Waals surface area contributed by atoms with Gasteiger partial charge in [0.05, 0.1) is 17.6 Å². The number of hydrogen-bond donors (Lipinski definition) is 1. The van der Waals surface area contributed by atoms with Crippen molar-refractivity contribution in [2.45, 2.75) is 39.4 Å². The molecule has 1 aliphatic heterocycles. The fraction of sp³-hybridized carbons (Fsp3) is 0.571. The number of thiophene rings is 1. The van der Waals surface area contributed by atoms with Crippen molar-refractivity contribution in [1.82, 2.24) is 9.97 Å². The van der Waals surface area contributed by atoms with E-state index in [1.54, 1.807) is 11.3 Å². The Morgan fingerprint density at radius 2 is 2.05 bits per heavy atom. The summed E-state index contributed by atoms with van der Waals surface area (Å²) < 4.78 is 5.79. The van der Waals surface area contributed by atoms with E-state index in [0.29, 0.717) is 5.95 Å². The maximum absolute atomic E-state index is 5.88. The largest absolute Gasteiger partial charge is 0.372 e. The third kappa shape index (κ3) is 2.45. The van der Waals surface area contributed by atoms with E-state index >= 15 is 0 Å². The molecule has 0 aliphatic carbocycles. The Kier molecular flexibility index (Phi) is 3.52. The Hall–Kier alpha value is -1.40. The van der Waals surface area contributed by atoms with Crippen molar-refractivity contribution >= 4 is 33.3 Å². The molecule has 0 amide bonds. The van der Waals surface area contributed by atoms with Crippen LogP contribution in [-0.2, 0) is 11.2 Å². The first-order chi connectivity index (χ1) is 9.56. The molecule has 1 aliphatic rings. The van der Waals surface area contributed by atoms with Gasteiger partial charge < -0.3 is 15.4 Å². The van der Waals surface area contributed by atoms with Crippen LogP contribution in [0.15, 0.2) is 6.07 Å². The van der Waals surface area contributed by atoms with Gasteiger partial charge in [0.2, 0.25) is 5.95 Å². The Labute approximate surface area is 122 Å². The molecule has 0 aromatic carbocycles. The zero-order valence-electron chi connectivity index (χ0n) is 12.1. The van der Waals surface area contributed by atoms with Gasteiger partial charge in [0.1, 0.15) is 10.6 Å². The molecule has 0 spiro atoms. The van der Waals surface area contributed by atoms with E-state index in [-0.39, 0.29) is 12.2 Å². The van der Waals surface area contributed by atoms with Gasteiger partial charge in [-0.3, -0.25) is 0 Å². The van der Waals surface area contributed by atoms with E-state index in [1.165, 1.54) is 4.88 Å². The molecule has 5 nitrogen and oxygen atoms in total. The molecule has 20 heavy (non-hydrogen) atoms. The first-order valence-corrected chi connectivity index (χ1v) is 7.84. The van der Waals surface area contributed by atoms with E-state index in [0.717, 1.165) is 35.5 Å². The molecular formula is C14H20N4OS. The first kappa shape index (κ1) is 13.6. The average molecular weight is 292 g/mol. The summed E-state index contributed by atoms with van der Waals surface area (Å²) in [4.78, 5) is 13.4. The minimum absolute atomic E-state index is 0.203. The maximum Gasteiger partial charge on any atom is 0.223 e. The second-order valence-electron chi connectivity index (χ2n) is 5.35. The van der Waals surface area contributed by atoms with E-state index in [1.807, 2.05) is 0 Å². The lowest BCUT2D eigenvalue weighted by molar-refractivity contribution is -0.00536. The van der Waals surface area contributed by atoms with Crippen molar-refractivity contribution in [3.63, 3.8) is 0 Å². The van der Waals surface area contributed by atoms with Gasteiger partial charge >= 0.3 is 0 Å². The van der Waals surface area contributed by atoms with Gasteiger partial charge in [-0.25, -0.2) is 4.98 Å². The van der Waals surface area contributed by atoms with Crippen LogP contribution >= 0.6 is 11.3 Å². The highest BCUT2D eigenvalue weighted by Crippen LogP contribution is 2.33. The third-order valence-corrected chi connectivity index (χ3v) is 4.68. The summed E-state index contributed by atoms with van der Waals surface area (Å²) in [6, 6.07) is 2.19. The highest BCUT2D eigenvalue weighted by Gasteiger charge is 2.25. The second-order valence-corrected chi connectivity index (χ2v) is 6.47. The molecule has 1 saturated heterocycles. The zero-order valence-corrected chi connectivity index (χ0v) is 12.9. The fourth-order valence-electron chi connectivity index (χ4n) is 2.74. The number of ether oxygens (including phenoxy) is 1. The fourth-order valence-corrected chi connectivity index (χ4v) is 3.71. The summed E-state index contributed by atoms with van der Waals surface area (Å²) in [5.41, 5.74) is 5.88. The molecule has 2 N–H and O–H groups in total. The van der Waals surface area contributed by atoms with Crippen molar-refractivity contribution < 1.29 is 4.74 Å². The van der Waals surface area contributed by atoms with Gasteiger partial charge in [0.25, 0.3) is 0 Å². The lowest BCUT2D eigenvalue weighted by atomic mass is 10.2. The minimum Gasteiger partial charge on any atom is -0.372 e. The Bertz CT molecular complexity index is 617. The molecule has 6 heteroatoms. The minimum atomic E-state index is 0.203. The molecule has 2 unspecified atom stereocenters. The van der Waals surface area contributed by atoms with Crippen molar-refractivity contribution in [2.75, 3.05) is 23.7 Å². The van der Waals surface area contributed by atoms with Gasteiger partial charge in [0.15, 0.2) is 0 Å². The maximum atomic E-state index is 5.88. The van der Waals surface area contributed by atoms with Crippen LogP contribution in [0.2, 0.25) is 0 Å². The Morgan fingerprint density at radius 3 is 2.70 bits per heavy atom. The lowest BCUT2D eigenvalue weighted by Gasteiger charge is -2.36. The molecule has 108 valence electrons. The number of fused-ring (bicyclic) bond motifs is 1. The monoisotopic (exact) mass is 292 g/mol. The van der Waals surface area contributed by atoms with Crippen LogP contribution in [0.5, 0.6) is 0 Å². The summed E-state index contributed by atoms with van der Waals surface area (Å²) in [6.45, 7) is 8.02. The number of anilines is 2. The first-order valence-electron chi connectivity index (χ1n) is 7.03. The molecule has 3 rings (SSSR count). The normalized spacial score (nSPS) is 23.4. The number of hydrogen-bond acceptors (Lipinski definition) is 6. The molecule has 0 bridgehead atoms. The lowest BCUT2D eigenvalue weighted by Crippen LogP contribution is -2.46. The standard InChI is InChI=1S/C14H20N4OS/c1-4-10-5-11-12(16-14(15)17-13(11)20-10)18-6-8(2)19-9(3)7-18/h5,8-9H,4,6-7H2,1-3H3,(H2,15,16,17). The van der Waals surface area contributed by atoms with Gasteiger partial charge in [-0.2, -0.15) is 4.98 Å². The quantitative estimate of drug-likeness (QED) is 0.921. The smallest absolute Gasteiger partial charge is 0.223 e. The van der Waals surface area contributed by atoms with Crippen LogP contribution in [-0.4, -0.2) is 35.3 Å². The average Bonchev–Trinajstić information content (AvgIpc) is 2.79. The van der Waals surface area contributed by atoms with Gasteiger partial charge in [-0.15, -0.1) is 11.3 Å². The number of aryl methyl sites for hydroxylation is 1. The molecule has 2 atom stereocenters. The van der Waals surface area contributed by atoms with Gasteiger partial charge in [-0.05, 0) is 26.3 Å².